The summed E-state index contributed by atoms with van der Waals surface area (Å²) >= 11 is 0. The third-order valence-electron chi connectivity index (χ3n) is 8.01. The van der Waals surface area contributed by atoms with Crippen LogP contribution in [0.1, 0.15) is 51.4 Å². The number of hydrogen-bond acceptors (Lipinski definition) is 3. The van der Waals surface area contributed by atoms with Gasteiger partial charge in [0.1, 0.15) is 0 Å². The van der Waals surface area contributed by atoms with Crippen LogP contribution >= 0.6 is 0 Å². The van der Waals surface area contributed by atoms with E-state index in [9.17, 15) is 0 Å². The van der Waals surface area contributed by atoms with Crippen molar-refractivity contribution in [2.45, 2.75) is 63.5 Å². The molecule has 3 heteroatoms. The highest BCUT2D eigenvalue weighted by Crippen LogP contribution is 2.58. The molecule has 2 saturated heterocycles. The van der Waals surface area contributed by atoms with Gasteiger partial charge in [0.15, 0.2) is 0 Å². The Morgan fingerprint density at radius 2 is 1.78 bits per heavy atom. The Labute approximate surface area is 141 Å². The molecule has 0 aromatic rings. The third kappa shape index (κ3) is 2.87. The van der Waals surface area contributed by atoms with E-state index < -0.39 is 0 Å². The molecule has 5 rings (SSSR count). The second-order valence-electron chi connectivity index (χ2n) is 9.23. The van der Waals surface area contributed by atoms with Crippen molar-refractivity contribution in [1.29, 1.82) is 0 Å². The van der Waals surface area contributed by atoms with E-state index in [1.54, 1.807) is 19.3 Å². The molecular weight excluding hydrogens is 284 g/mol. The number of rotatable bonds is 4. The lowest BCUT2D eigenvalue weighted by Gasteiger charge is -2.38. The molecule has 2 bridgehead atoms. The smallest absolute Gasteiger partial charge is 0.0507 e. The van der Waals surface area contributed by atoms with Crippen LogP contribution in [0, 0.1) is 29.6 Å². The molecule has 5 fully saturated rings. The second-order valence-corrected chi connectivity index (χ2v) is 9.23. The summed E-state index contributed by atoms with van der Waals surface area (Å²) in [6, 6.07) is 1.68. The summed E-state index contributed by atoms with van der Waals surface area (Å²) in [5.41, 5.74) is 0. The standard InChI is InChI=1S/C20H34N2O/c1-2-17-15-10-19(18(17)3-1)20(11-15)21-16-4-7-22(8-5-16)12-14-6-9-23-13-14/h14-21H,1-13H2/t14-,15-,17-,18-,19+,20+/m1/s1. The second kappa shape index (κ2) is 6.31. The molecule has 0 aromatic heterocycles. The maximum absolute atomic E-state index is 5.53. The van der Waals surface area contributed by atoms with Crippen LogP contribution < -0.4 is 5.32 Å². The van der Waals surface area contributed by atoms with Gasteiger partial charge in [-0.1, -0.05) is 6.42 Å². The molecule has 2 aliphatic heterocycles. The first-order valence-electron chi connectivity index (χ1n) is 10.4. The largest absolute Gasteiger partial charge is 0.381 e. The third-order valence-corrected chi connectivity index (χ3v) is 8.01. The Balaban J connectivity index is 1.09. The van der Waals surface area contributed by atoms with Crippen LogP contribution in [0.15, 0.2) is 0 Å². The van der Waals surface area contributed by atoms with Crippen molar-refractivity contribution in [3.8, 4) is 0 Å². The fourth-order valence-electron chi connectivity index (χ4n) is 6.94. The lowest BCUT2D eigenvalue weighted by molar-refractivity contribution is 0.134. The van der Waals surface area contributed by atoms with E-state index >= 15 is 0 Å². The van der Waals surface area contributed by atoms with Crippen molar-refractivity contribution in [1.82, 2.24) is 10.2 Å². The normalized spacial score (nSPS) is 47.5. The van der Waals surface area contributed by atoms with Crippen LogP contribution in [0.5, 0.6) is 0 Å². The van der Waals surface area contributed by atoms with Crippen LogP contribution in [-0.2, 0) is 4.74 Å². The first kappa shape index (κ1) is 15.2. The Bertz CT molecular complexity index is 414. The van der Waals surface area contributed by atoms with Crippen LogP contribution in [0.25, 0.3) is 0 Å². The van der Waals surface area contributed by atoms with Crippen molar-refractivity contribution in [2.24, 2.45) is 29.6 Å². The van der Waals surface area contributed by atoms with E-state index in [-0.39, 0.29) is 0 Å². The summed E-state index contributed by atoms with van der Waals surface area (Å²) in [6.07, 6.45) is 11.7. The Kier molecular flexibility index (Phi) is 4.16. The molecule has 6 atom stereocenters. The lowest BCUT2D eigenvalue weighted by Crippen LogP contribution is -2.49. The van der Waals surface area contributed by atoms with Crippen LogP contribution in [0.2, 0.25) is 0 Å². The van der Waals surface area contributed by atoms with Gasteiger partial charge in [0.25, 0.3) is 0 Å². The van der Waals surface area contributed by atoms with Crippen LogP contribution in [0.3, 0.4) is 0 Å². The average Bonchev–Trinajstić information content (AvgIpc) is 3.31. The molecule has 23 heavy (non-hydrogen) atoms. The van der Waals surface area contributed by atoms with Crippen molar-refractivity contribution in [3.05, 3.63) is 0 Å². The van der Waals surface area contributed by atoms with Gasteiger partial charge in [0, 0.05) is 25.2 Å². The van der Waals surface area contributed by atoms with E-state index in [0.29, 0.717) is 0 Å². The zero-order chi connectivity index (χ0) is 15.2. The molecule has 130 valence electrons. The van der Waals surface area contributed by atoms with Gasteiger partial charge in [-0.15, -0.1) is 0 Å². The van der Waals surface area contributed by atoms with Gasteiger partial charge >= 0.3 is 0 Å². The maximum atomic E-state index is 5.53. The molecule has 0 amide bonds. The number of likely N-dealkylation sites (tertiary alicyclic amines) is 1. The molecule has 2 heterocycles. The van der Waals surface area contributed by atoms with Gasteiger partial charge in [-0.2, -0.15) is 0 Å². The number of nitrogens with one attached hydrogen (secondary N) is 1. The molecule has 3 nitrogen and oxygen atoms in total. The van der Waals surface area contributed by atoms with Crippen molar-refractivity contribution in [3.63, 3.8) is 0 Å². The van der Waals surface area contributed by atoms with Gasteiger partial charge in [-0.3, -0.25) is 0 Å². The zero-order valence-electron chi connectivity index (χ0n) is 14.6. The first-order chi connectivity index (χ1) is 11.4. The Morgan fingerprint density at radius 1 is 0.913 bits per heavy atom. The fraction of sp³-hybridized carbons (Fsp3) is 1.00. The van der Waals surface area contributed by atoms with Crippen LogP contribution in [0.4, 0.5) is 0 Å². The van der Waals surface area contributed by atoms with Crippen LogP contribution in [-0.4, -0.2) is 49.8 Å². The molecule has 0 aromatic carbocycles. The highest BCUT2D eigenvalue weighted by molar-refractivity contribution is 5.06. The highest BCUT2D eigenvalue weighted by Gasteiger charge is 2.53. The van der Waals surface area contributed by atoms with Crippen molar-refractivity contribution < 1.29 is 4.74 Å². The summed E-state index contributed by atoms with van der Waals surface area (Å²) < 4.78 is 5.53. The van der Waals surface area contributed by atoms with Crippen molar-refractivity contribution in [2.75, 3.05) is 32.8 Å². The molecule has 1 N–H and O–H groups in total. The minimum atomic E-state index is 0.801. The maximum Gasteiger partial charge on any atom is 0.0507 e. The number of fused-ring (bicyclic) bond motifs is 5. The van der Waals surface area contributed by atoms with E-state index in [0.717, 1.165) is 54.9 Å². The predicted octanol–water partition coefficient (Wildman–Crippen LogP) is 2.90. The summed E-state index contributed by atoms with van der Waals surface area (Å²) in [4.78, 5) is 2.70. The zero-order valence-corrected chi connectivity index (χ0v) is 14.6. The minimum absolute atomic E-state index is 0.801. The van der Waals surface area contributed by atoms with Gasteiger partial charge in [0.05, 0.1) is 6.61 Å². The first-order valence-corrected chi connectivity index (χ1v) is 10.4. The Hall–Kier alpha value is -0.120. The highest BCUT2D eigenvalue weighted by atomic mass is 16.5. The number of ether oxygens (including phenoxy) is 1. The summed E-state index contributed by atoms with van der Waals surface area (Å²) in [7, 11) is 0. The van der Waals surface area contributed by atoms with Gasteiger partial charge in [-0.05, 0) is 87.6 Å². The molecule has 0 unspecified atom stereocenters. The molecule has 0 radical (unpaired) electrons. The lowest BCUT2D eigenvalue weighted by atomic mass is 9.78. The molecule has 3 saturated carbocycles. The fourth-order valence-corrected chi connectivity index (χ4v) is 6.94. The quantitative estimate of drug-likeness (QED) is 0.862. The summed E-state index contributed by atoms with van der Waals surface area (Å²) in [5, 5.41) is 4.12. The van der Waals surface area contributed by atoms with Gasteiger partial charge < -0.3 is 15.0 Å². The summed E-state index contributed by atoms with van der Waals surface area (Å²) in [6.45, 7) is 5.90. The molecule has 5 aliphatic rings. The van der Waals surface area contributed by atoms with Gasteiger partial charge in [-0.25, -0.2) is 0 Å². The predicted molar refractivity (Wildman–Crippen MR) is 92.4 cm³/mol. The van der Waals surface area contributed by atoms with E-state index in [1.807, 2.05) is 0 Å². The Morgan fingerprint density at radius 3 is 2.61 bits per heavy atom. The van der Waals surface area contributed by atoms with E-state index in [4.69, 9.17) is 4.74 Å². The topological polar surface area (TPSA) is 24.5 Å². The SMILES string of the molecule is C1C[C@@H]2[C@H](C1)[C@@H]1C[C@@H]2[C@@H](NC2CCN(C[C@H]3CCOC3)CC2)C1. The average molecular weight is 319 g/mol. The molecule has 3 aliphatic carbocycles. The minimum Gasteiger partial charge on any atom is -0.381 e. The summed E-state index contributed by atoms with van der Waals surface area (Å²) in [5.74, 6) is 5.18. The molecule has 0 spiro atoms. The van der Waals surface area contributed by atoms with E-state index in [2.05, 4.69) is 10.2 Å². The van der Waals surface area contributed by atoms with Crippen molar-refractivity contribution >= 4 is 0 Å². The van der Waals surface area contributed by atoms with E-state index in [1.165, 1.54) is 51.7 Å². The number of hydrogen-bond donors (Lipinski definition) is 1. The number of nitrogens with zero attached hydrogens (tertiary/aromatic N) is 1. The molecular formula is C20H34N2O. The van der Waals surface area contributed by atoms with Gasteiger partial charge in [0.2, 0.25) is 0 Å². The number of piperidine rings is 1. The monoisotopic (exact) mass is 318 g/mol.